The number of amides is 1. The van der Waals surface area contributed by atoms with Crippen LogP contribution in [0.2, 0.25) is 0 Å². The van der Waals surface area contributed by atoms with Crippen molar-refractivity contribution in [3.63, 3.8) is 0 Å². The van der Waals surface area contributed by atoms with Gasteiger partial charge in [0.2, 0.25) is 10.0 Å². The third-order valence-electron chi connectivity index (χ3n) is 6.08. The summed E-state index contributed by atoms with van der Waals surface area (Å²) in [5, 5.41) is 0. The molecule has 158 valence electrons. The standard InChI is InChI=1S/C20H31N3O3S.ClH/c1-15-8-12-23(13-9-15)27(25,26)17-6-4-16(5-7-17)19(24)22-11-10-18(21)20(2,3)14-22;/h4-7,15,18H,8-14,21H2,1-3H3;1H. The van der Waals surface area contributed by atoms with Gasteiger partial charge in [0.05, 0.1) is 4.90 Å². The van der Waals surface area contributed by atoms with Crippen molar-refractivity contribution >= 4 is 28.3 Å². The molecule has 0 radical (unpaired) electrons. The molecular formula is C20H32ClN3O3S. The smallest absolute Gasteiger partial charge is 0.253 e. The van der Waals surface area contributed by atoms with E-state index in [4.69, 9.17) is 5.73 Å². The quantitative estimate of drug-likeness (QED) is 0.800. The molecule has 2 heterocycles. The fourth-order valence-electron chi connectivity index (χ4n) is 3.87. The Morgan fingerprint density at radius 2 is 1.64 bits per heavy atom. The summed E-state index contributed by atoms with van der Waals surface area (Å²) in [6.07, 6.45) is 2.56. The molecule has 28 heavy (non-hydrogen) atoms. The van der Waals surface area contributed by atoms with Crippen molar-refractivity contribution in [2.75, 3.05) is 26.2 Å². The first-order chi connectivity index (χ1) is 12.6. The van der Waals surface area contributed by atoms with Crippen LogP contribution in [0.15, 0.2) is 29.2 Å². The second-order valence-corrected chi connectivity index (χ2v) is 10.7. The zero-order chi connectivity index (χ0) is 19.8. The molecule has 1 aromatic carbocycles. The van der Waals surface area contributed by atoms with Gasteiger partial charge in [-0.05, 0) is 54.9 Å². The lowest BCUT2D eigenvalue weighted by Crippen LogP contribution is -2.54. The number of hydrogen-bond acceptors (Lipinski definition) is 4. The van der Waals surface area contributed by atoms with Crippen molar-refractivity contribution < 1.29 is 13.2 Å². The maximum absolute atomic E-state index is 12.8. The molecule has 8 heteroatoms. The first-order valence-corrected chi connectivity index (χ1v) is 11.2. The van der Waals surface area contributed by atoms with Crippen molar-refractivity contribution in [1.29, 1.82) is 0 Å². The van der Waals surface area contributed by atoms with E-state index in [2.05, 4.69) is 20.8 Å². The average Bonchev–Trinajstić information content (AvgIpc) is 2.64. The Morgan fingerprint density at radius 3 is 2.18 bits per heavy atom. The van der Waals surface area contributed by atoms with Gasteiger partial charge >= 0.3 is 0 Å². The number of piperidine rings is 2. The summed E-state index contributed by atoms with van der Waals surface area (Å²) in [6, 6.07) is 6.46. The fourth-order valence-corrected chi connectivity index (χ4v) is 5.34. The molecule has 0 bridgehead atoms. The molecule has 1 amide bonds. The topological polar surface area (TPSA) is 83.7 Å². The van der Waals surface area contributed by atoms with Crippen LogP contribution < -0.4 is 5.73 Å². The molecule has 1 unspecified atom stereocenters. The van der Waals surface area contributed by atoms with Crippen molar-refractivity contribution in [2.24, 2.45) is 17.1 Å². The largest absolute Gasteiger partial charge is 0.338 e. The van der Waals surface area contributed by atoms with E-state index in [0.717, 1.165) is 19.3 Å². The molecule has 2 aliphatic heterocycles. The van der Waals surface area contributed by atoms with E-state index >= 15 is 0 Å². The van der Waals surface area contributed by atoms with E-state index in [9.17, 15) is 13.2 Å². The predicted octanol–water partition coefficient (Wildman–Crippen LogP) is 2.73. The van der Waals surface area contributed by atoms with Gasteiger partial charge in [-0.25, -0.2) is 8.42 Å². The van der Waals surface area contributed by atoms with Gasteiger partial charge in [-0.15, -0.1) is 12.4 Å². The number of carbonyl (C=O) groups excluding carboxylic acids is 1. The molecule has 0 aromatic heterocycles. The number of likely N-dealkylation sites (tertiary alicyclic amines) is 1. The lowest BCUT2D eigenvalue weighted by atomic mass is 9.79. The lowest BCUT2D eigenvalue weighted by molar-refractivity contribution is 0.0533. The van der Waals surface area contributed by atoms with Gasteiger partial charge in [-0.2, -0.15) is 4.31 Å². The minimum absolute atomic E-state index is 0. The monoisotopic (exact) mass is 429 g/mol. The highest BCUT2D eigenvalue weighted by atomic mass is 35.5. The summed E-state index contributed by atoms with van der Waals surface area (Å²) in [4.78, 5) is 14.9. The summed E-state index contributed by atoms with van der Waals surface area (Å²) in [6.45, 7) is 8.67. The number of carbonyl (C=O) groups is 1. The van der Waals surface area contributed by atoms with E-state index in [1.807, 2.05) is 4.90 Å². The van der Waals surface area contributed by atoms with Crippen molar-refractivity contribution in [3.8, 4) is 0 Å². The molecule has 0 spiro atoms. The predicted molar refractivity (Wildman–Crippen MR) is 113 cm³/mol. The first kappa shape index (κ1) is 23.1. The van der Waals surface area contributed by atoms with Crippen molar-refractivity contribution in [2.45, 2.75) is 51.0 Å². The first-order valence-electron chi connectivity index (χ1n) is 9.76. The van der Waals surface area contributed by atoms with Crippen LogP contribution in [0.4, 0.5) is 0 Å². The van der Waals surface area contributed by atoms with E-state index in [1.54, 1.807) is 28.6 Å². The van der Waals surface area contributed by atoms with Gasteiger partial charge < -0.3 is 10.6 Å². The van der Waals surface area contributed by atoms with Gasteiger partial charge in [0.25, 0.3) is 5.91 Å². The zero-order valence-corrected chi connectivity index (χ0v) is 18.6. The molecule has 6 nitrogen and oxygen atoms in total. The minimum Gasteiger partial charge on any atom is -0.338 e. The Bertz CT molecular complexity index is 787. The minimum atomic E-state index is -3.49. The Balaban J connectivity index is 0.00000280. The van der Waals surface area contributed by atoms with Crippen molar-refractivity contribution in [3.05, 3.63) is 29.8 Å². The molecule has 2 N–H and O–H groups in total. The van der Waals surface area contributed by atoms with Gasteiger partial charge in [0.1, 0.15) is 0 Å². The van der Waals surface area contributed by atoms with Crippen LogP contribution in [0.1, 0.15) is 50.4 Å². The van der Waals surface area contributed by atoms with Crippen LogP contribution in [-0.2, 0) is 10.0 Å². The highest BCUT2D eigenvalue weighted by molar-refractivity contribution is 7.89. The molecule has 2 fully saturated rings. The summed E-state index contributed by atoms with van der Waals surface area (Å²) in [7, 11) is -3.49. The molecule has 1 aromatic rings. The molecule has 2 saturated heterocycles. The van der Waals surface area contributed by atoms with Crippen LogP contribution in [0.5, 0.6) is 0 Å². The van der Waals surface area contributed by atoms with Crippen LogP contribution in [0.25, 0.3) is 0 Å². The normalized spacial score (nSPS) is 23.9. The third kappa shape index (κ3) is 4.70. The average molecular weight is 430 g/mol. The zero-order valence-electron chi connectivity index (χ0n) is 16.9. The van der Waals surface area contributed by atoms with Crippen molar-refractivity contribution in [1.82, 2.24) is 9.21 Å². The maximum atomic E-state index is 12.8. The summed E-state index contributed by atoms with van der Waals surface area (Å²) in [5.74, 6) is 0.504. The molecule has 2 aliphatic rings. The Morgan fingerprint density at radius 1 is 1.07 bits per heavy atom. The second kappa shape index (κ2) is 8.69. The number of nitrogens with two attached hydrogens (primary N) is 1. The van der Waals surface area contributed by atoms with Crippen LogP contribution >= 0.6 is 12.4 Å². The van der Waals surface area contributed by atoms with E-state index in [1.165, 1.54) is 0 Å². The SMILES string of the molecule is CC1CCN(S(=O)(=O)c2ccc(C(=O)N3CCC(N)C(C)(C)C3)cc2)CC1.Cl. The summed E-state index contributed by atoms with van der Waals surface area (Å²) < 4.78 is 27.2. The lowest BCUT2D eigenvalue weighted by Gasteiger charge is -2.42. The van der Waals surface area contributed by atoms with Crippen LogP contribution in [-0.4, -0.2) is 55.8 Å². The van der Waals surface area contributed by atoms with E-state index < -0.39 is 10.0 Å². The van der Waals surface area contributed by atoms with Gasteiger partial charge in [-0.3, -0.25) is 4.79 Å². The summed E-state index contributed by atoms with van der Waals surface area (Å²) in [5.41, 5.74) is 6.55. The number of hydrogen-bond donors (Lipinski definition) is 1. The number of sulfonamides is 1. The molecule has 0 saturated carbocycles. The third-order valence-corrected chi connectivity index (χ3v) is 7.99. The highest BCUT2D eigenvalue weighted by Gasteiger charge is 2.35. The number of halogens is 1. The van der Waals surface area contributed by atoms with Gasteiger partial charge in [-0.1, -0.05) is 20.8 Å². The van der Waals surface area contributed by atoms with Crippen LogP contribution in [0, 0.1) is 11.3 Å². The molecule has 3 rings (SSSR count). The number of nitrogens with zero attached hydrogens (tertiary/aromatic N) is 2. The fraction of sp³-hybridized carbons (Fsp3) is 0.650. The second-order valence-electron chi connectivity index (χ2n) is 8.72. The van der Waals surface area contributed by atoms with E-state index in [-0.39, 0.29) is 34.7 Å². The molecular weight excluding hydrogens is 398 g/mol. The van der Waals surface area contributed by atoms with Gasteiger partial charge in [0.15, 0.2) is 0 Å². The number of benzene rings is 1. The Labute approximate surface area is 174 Å². The Kier molecular flexibility index (Phi) is 7.18. The highest BCUT2D eigenvalue weighted by Crippen LogP contribution is 2.29. The molecule has 1 atom stereocenters. The molecule has 0 aliphatic carbocycles. The Hall–Kier alpha value is -1.15. The maximum Gasteiger partial charge on any atom is 0.253 e. The van der Waals surface area contributed by atoms with Gasteiger partial charge in [0, 0.05) is 37.8 Å². The van der Waals surface area contributed by atoms with Crippen LogP contribution in [0.3, 0.4) is 0 Å². The number of rotatable bonds is 3. The summed E-state index contributed by atoms with van der Waals surface area (Å²) >= 11 is 0. The van der Waals surface area contributed by atoms with E-state index in [0.29, 0.717) is 37.7 Å².